The van der Waals surface area contributed by atoms with Crippen LogP contribution in [0.1, 0.15) is 30.1 Å². The Balaban J connectivity index is 1.98. The van der Waals surface area contributed by atoms with Crippen molar-refractivity contribution >= 4 is 32.5 Å². The summed E-state index contributed by atoms with van der Waals surface area (Å²) >= 11 is 0. The van der Waals surface area contributed by atoms with Gasteiger partial charge in [0.15, 0.2) is 0 Å². The number of hydrogen-bond acceptors (Lipinski definition) is 4. The molecule has 7 nitrogen and oxygen atoms in total. The Morgan fingerprint density at radius 2 is 1.93 bits per heavy atom. The molecule has 1 heterocycles. The van der Waals surface area contributed by atoms with Crippen LogP contribution in [0.4, 0.5) is 10.1 Å². The first-order valence-electron chi connectivity index (χ1n) is 9.04. The fourth-order valence-corrected chi connectivity index (χ4v) is 3.85. The molecule has 0 spiro atoms. The predicted octanol–water partition coefficient (Wildman–Crippen LogP) is 3.00. The molecule has 2 aromatic carbocycles. The number of H-pyrrole nitrogens is 1. The second-order valence-electron chi connectivity index (χ2n) is 6.43. The number of nitrogens with one attached hydrogen (secondary N) is 3. The Morgan fingerprint density at radius 3 is 2.66 bits per heavy atom. The highest BCUT2D eigenvalue weighted by Crippen LogP contribution is 2.21. The maximum atomic E-state index is 13.8. The molecule has 0 fully saturated rings. The van der Waals surface area contributed by atoms with Crippen molar-refractivity contribution in [3.63, 3.8) is 0 Å². The highest BCUT2D eigenvalue weighted by Gasteiger charge is 2.19. The van der Waals surface area contributed by atoms with Crippen molar-refractivity contribution in [3.8, 4) is 0 Å². The molecule has 3 aromatic rings. The van der Waals surface area contributed by atoms with Gasteiger partial charge in [-0.05, 0) is 36.8 Å². The Hall–Kier alpha value is -3.20. The fourth-order valence-electron chi connectivity index (χ4n) is 2.76. The zero-order valence-electron chi connectivity index (χ0n) is 15.7. The summed E-state index contributed by atoms with van der Waals surface area (Å²) in [4.78, 5) is 27.6. The average molecular weight is 417 g/mol. The lowest BCUT2D eigenvalue weighted by atomic mass is 10.1. The first-order valence-corrected chi connectivity index (χ1v) is 10.5. The van der Waals surface area contributed by atoms with Gasteiger partial charge in [0.2, 0.25) is 5.43 Å². The number of amides is 1. The van der Waals surface area contributed by atoms with E-state index in [2.05, 4.69) is 15.0 Å². The number of unbranched alkanes of at least 4 members (excludes halogenated alkanes) is 1. The number of fused-ring (bicyclic) bond motifs is 1. The molecule has 0 radical (unpaired) electrons. The normalized spacial score (nSPS) is 11.4. The molecule has 0 unspecified atom stereocenters. The van der Waals surface area contributed by atoms with Crippen molar-refractivity contribution in [1.82, 2.24) is 10.3 Å². The van der Waals surface area contributed by atoms with Gasteiger partial charge in [-0.2, -0.15) is 0 Å². The lowest BCUT2D eigenvalue weighted by Gasteiger charge is -2.10. The van der Waals surface area contributed by atoms with Crippen LogP contribution in [-0.2, 0) is 10.0 Å². The second kappa shape index (κ2) is 8.44. The number of hydrogen-bond donors (Lipinski definition) is 3. The van der Waals surface area contributed by atoms with Crippen LogP contribution >= 0.6 is 0 Å². The number of benzene rings is 2. The highest BCUT2D eigenvalue weighted by atomic mass is 32.2. The molecule has 0 atom stereocenters. The van der Waals surface area contributed by atoms with Crippen LogP contribution in [-0.4, -0.2) is 25.9 Å². The Kier molecular flexibility index (Phi) is 5.97. The number of carbonyl (C=O) groups is 1. The molecule has 1 amide bonds. The van der Waals surface area contributed by atoms with E-state index in [0.717, 1.165) is 18.9 Å². The van der Waals surface area contributed by atoms with Crippen molar-refractivity contribution in [2.24, 2.45) is 0 Å². The molecule has 1 aromatic heterocycles. The van der Waals surface area contributed by atoms with E-state index in [9.17, 15) is 22.4 Å². The van der Waals surface area contributed by atoms with Crippen molar-refractivity contribution in [3.05, 3.63) is 70.3 Å². The number of sulfonamides is 1. The van der Waals surface area contributed by atoms with Crippen LogP contribution in [0.3, 0.4) is 0 Å². The molecular formula is C20H20FN3O4S. The van der Waals surface area contributed by atoms with Crippen LogP contribution in [0.15, 0.2) is 58.4 Å². The monoisotopic (exact) mass is 417 g/mol. The van der Waals surface area contributed by atoms with Crippen molar-refractivity contribution in [2.45, 2.75) is 24.7 Å². The van der Waals surface area contributed by atoms with Gasteiger partial charge in [0.1, 0.15) is 11.4 Å². The van der Waals surface area contributed by atoms with Crippen LogP contribution in [0, 0.1) is 5.82 Å². The maximum absolute atomic E-state index is 13.8. The van der Waals surface area contributed by atoms with E-state index in [1.807, 2.05) is 6.92 Å². The zero-order chi connectivity index (χ0) is 21.0. The van der Waals surface area contributed by atoms with Crippen LogP contribution in [0.5, 0.6) is 0 Å². The largest absolute Gasteiger partial charge is 0.360 e. The SMILES string of the molecule is CCCCNC(=O)c1c[nH]c2ccc(S(=O)(=O)Nc3ccccc3F)cc2c1=O. The third-order valence-electron chi connectivity index (χ3n) is 4.34. The van der Waals surface area contributed by atoms with E-state index in [0.29, 0.717) is 12.1 Å². The van der Waals surface area contributed by atoms with E-state index in [4.69, 9.17) is 0 Å². The van der Waals surface area contributed by atoms with Gasteiger partial charge in [-0.15, -0.1) is 0 Å². The molecule has 152 valence electrons. The molecule has 0 aliphatic rings. The van der Waals surface area contributed by atoms with Gasteiger partial charge in [-0.25, -0.2) is 12.8 Å². The van der Waals surface area contributed by atoms with Crippen molar-refractivity contribution in [1.29, 1.82) is 0 Å². The molecule has 3 N–H and O–H groups in total. The molecule has 0 saturated carbocycles. The summed E-state index contributed by atoms with van der Waals surface area (Å²) in [6.45, 7) is 2.42. The van der Waals surface area contributed by atoms with Gasteiger partial charge in [-0.3, -0.25) is 14.3 Å². The Labute approximate surface area is 167 Å². The van der Waals surface area contributed by atoms with E-state index in [1.165, 1.54) is 42.6 Å². The lowest BCUT2D eigenvalue weighted by molar-refractivity contribution is 0.0952. The number of aromatic nitrogens is 1. The van der Waals surface area contributed by atoms with E-state index >= 15 is 0 Å². The smallest absolute Gasteiger partial charge is 0.262 e. The summed E-state index contributed by atoms with van der Waals surface area (Å²) in [5, 5.41) is 2.70. The molecule has 29 heavy (non-hydrogen) atoms. The minimum Gasteiger partial charge on any atom is -0.360 e. The number of carbonyl (C=O) groups excluding carboxylic acids is 1. The van der Waals surface area contributed by atoms with Gasteiger partial charge < -0.3 is 10.3 Å². The molecular weight excluding hydrogens is 397 g/mol. The summed E-state index contributed by atoms with van der Waals surface area (Å²) in [5.41, 5.74) is -0.517. The van der Waals surface area contributed by atoms with Gasteiger partial charge in [-0.1, -0.05) is 25.5 Å². The molecule has 0 aliphatic heterocycles. The summed E-state index contributed by atoms with van der Waals surface area (Å²) in [6, 6.07) is 9.24. The van der Waals surface area contributed by atoms with Crippen molar-refractivity contribution in [2.75, 3.05) is 11.3 Å². The van der Waals surface area contributed by atoms with E-state index < -0.39 is 27.2 Å². The molecule has 0 saturated heterocycles. The molecule has 0 aliphatic carbocycles. The number of rotatable bonds is 7. The third kappa shape index (κ3) is 4.45. The standard InChI is InChI=1S/C20H20FN3O4S/c1-2-3-10-22-20(26)15-12-23-17-9-8-13(11-14(17)19(15)25)29(27,28)24-18-7-5-4-6-16(18)21/h4-9,11-12,24H,2-3,10H2,1H3,(H,22,26)(H,23,25). The van der Waals surface area contributed by atoms with Gasteiger partial charge >= 0.3 is 0 Å². The molecule has 0 bridgehead atoms. The maximum Gasteiger partial charge on any atom is 0.262 e. The number of aromatic amines is 1. The van der Waals surface area contributed by atoms with Crippen LogP contribution in [0.2, 0.25) is 0 Å². The average Bonchev–Trinajstić information content (AvgIpc) is 2.70. The minimum atomic E-state index is -4.14. The highest BCUT2D eigenvalue weighted by molar-refractivity contribution is 7.92. The van der Waals surface area contributed by atoms with Gasteiger partial charge in [0, 0.05) is 23.6 Å². The summed E-state index contributed by atoms with van der Waals surface area (Å²) in [7, 11) is -4.14. The first-order chi connectivity index (χ1) is 13.8. The third-order valence-corrected chi connectivity index (χ3v) is 5.70. The van der Waals surface area contributed by atoms with E-state index in [-0.39, 0.29) is 21.5 Å². The first kappa shape index (κ1) is 20.5. The van der Waals surface area contributed by atoms with Crippen molar-refractivity contribution < 1.29 is 17.6 Å². The zero-order valence-corrected chi connectivity index (χ0v) is 16.5. The van der Waals surface area contributed by atoms with Gasteiger partial charge in [0.25, 0.3) is 15.9 Å². The lowest BCUT2D eigenvalue weighted by Crippen LogP contribution is -2.29. The number of para-hydroxylation sites is 1. The number of pyridine rings is 1. The Bertz CT molecular complexity index is 1220. The second-order valence-corrected chi connectivity index (χ2v) is 8.12. The number of halogens is 1. The van der Waals surface area contributed by atoms with Gasteiger partial charge in [0.05, 0.1) is 10.6 Å². The fraction of sp³-hybridized carbons (Fsp3) is 0.200. The number of anilines is 1. The summed E-state index contributed by atoms with van der Waals surface area (Å²) in [5.74, 6) is -1.25. The van der Waals surface area contributed by atoms with E-state index in [1.54, 1.807) is 0 Å². The summed E-state index contributed by atoms with van der Waals surface area (Å²) in [6.07, 6.45) is 2.98. The molecule has 9 heteroatoms. The minimum absolute atomic E-state index is 0.0459. The predicted molar refractivity (Wildman–Crippen MR) is 109 cm³/mol. The van der Waals surface area contributed by atoms with Crippen LogP contribution < -0.4 is 15.5 Å². The Morgan fingerprint density at radius 1 is 1.17 bits per heavy atom. The topological polar surface area (TPSA) is 108 Å². The quantitative estimate of drug-likeness (QED) is 0.514. The van der Waals surface area contributed by atoms with Crippen LogP contribution in [0.25, 0.3) is 10.9 Å². The molecule has 3 rings (SSSR count). The summed E-state index contributed by atoms with van der Waals surface area (Å²) < 4.78 is 41.2.